The van der Waals surface area contributed by atoms with Gasteiger partial charge in [-0.2, -0.15) is 0 Å². The first-order chi connectivity index (χ1) is 20.2. The average Bonchev–Trinajstić information content (AvgIpc) is 3.26. The molecule has 1 aliphatic rings. The summed E-state index contributed by atoms with van der Waals surface area (Å²) in [5.41, 5.74) is 2.16. The van der Waals surface area contributed by atoms with Crippen molar-refractivity contribution >= 4 is 52.1 Å². The number of nitrogens with one attached hydrogen (secondary N) is 1. The molecule has 1 aliphatic heterocycles. The Kier molecular flexibility index (Phi) is 9.81. The number of benzene rings is 3. The van der Waals surface area contributed by atoms with E-state index in [2.05, 4.69) is 10.3 Å². The second-order valence-electron chi connectivity index (χ2n) is 9.02. The molecule has 0 saturated carbocycles. The molecule has 2 N–H and O–H groups in total. The molecule has 0 radical (unpaired) electrons. The monoisotopic (exact) mass is 591 g/mol. The predicted octanol–water partition coefficient (Wildman–Crippen LogP) is 4.74. The quantitative estimate of drug-likeness (QED) is 0.302. The number of nitrogens with zero attached hydrogens (tertiary/aromatic N) is 2. The Hall–Kier alpha value is -4.84. The first-order valence-corrected chi connectivity index (χ1v) is 13.8. The van der Waals surface area contributed by atoms with Gasteiger partial charge >= 0.3 is 11.9 Å². The first-order valence-electron chi connectivity index (χ1n) is 12.9. The van der Waals surface area contributed by atoms with Gasteiger partial charge < -0.3 is 24.6 Å². The minimum atomic E-state index is -1.07. The van der Waals surface area contributed by atoms with E-state index in [9.17, 15) is 19.2 Å². The number of hydrogen-bond donors (Lipinski definition) is 2. The van der Waals surface area contributed by atoms with E-state index in [4.69, 9.17) is 19.3 Å². The van der Waals surface area contributed by atoms with Gasteiger partial charge in [-0.1, -0.05) is 17.8 Å². The molecule has 1 heterocycles. The number of methoxy groups -OCH3 is 2. The Balaban J connectivity index is 1.56. The third-order valence-corrected chi connectivity index (χ3v) is 7.37. The van der Waals surface area contributed by atoms with Gasteiger partial charge in [-0.3, -0.25) is 14.5 Å². The molecule has 1 atom stereocenters. The number of carbonyl (C=O) groups is 4. The zero-order chi connectivity index (χ0) is 30.2. The van der Waals surface area contributed by atoms with Crippen LogP contribution in [0.25, 0.3) is 0 Å². The van der Waals surface area contributed by atoms with Crippen LogP contribution in [0.3, 0.4) is 0 Å². The van der Waals surface area contributed by atoms with E-state index in [1.54, 1.807) is 43.3 Å². The van der Waals surface area contributed by atoms with Crippen LogP contribution in [0, 0.1) is 0 Å². The average molecular weight is 592 g/mol. The summed E-state index contributed by atoms with van der Waals surface area (Å²) in [6, 6.07) is 17.6. The van der Waals surface area contributed by atoms with Gasteiger partial charge in [-0.15, -0.1) is 0 Å². The molecular formula is C30H29N3O8S. The number of aromatic carboxylic acids is 1. The summed E-state index contributed by atoms with van der Waals surface area (Å²) >= 11 is 1.16. The normalized spacial score (nSPS) is 15.4. The van der Waals surface area contributed by atoms with Crippen molar-refractivity contribution in [3.05, 3.63) is 83.4 Å². The Morgan fingerprint density at radius 2 is 1.62 bits per heavy atom. The second-order valence-corrected chi connectivity index (χ2v) is 10.2. The minimum Gasteiger partial charge on any atom is -0.493 e. The van der Waals surface area contributed by atoms with Gasteiger partial charge in [0.1, 0.15) is 5.25 Å². The lowest BCUT2D eigenvalue weighted by Gasteiger charge is -2.18. The van der Waals surface area contributed by atoms with Crippen molar-refractivity contribution in [1.82, 2.24) is 4.90 Å². The van der Waals surface area contributed by atoms with E-state index in [-0.39, 0.29) is 31.0 Å². The Morgan fingerprint density at radius 1 is 0.952 bits per heavy atom. The van der Waals surface area contributed by atoms with E-state index in [1.165, 1.54) is 43.4 Å². The smallest absolute Gasteiger partial charge is 0.338 e. The molecule has 0 aliphatic carbocycles. The molecule has 1 saturated heterocycles. The van der Waals surface area contributed by atoms with Crippen molar-refractivity contribution in [2.75, 3.05) is 26.1 Å². The van der Waals surface area contributed by atoms with Crippen LogP contribution in [0.4, 0.5) is 11.4 Å². The van der Waals surface area contributed by atoms with E-state index in [0.29, 0.717) is 33.6 Å². The summed E-state index contributed by atoms with van der Waals surface area (Å²) in [5.74, 6) is -1.17. The van der Waals surface area contributed by atoms with Crippen LogP contribution in [0.5, 0.6) is 11.5 Å². The summed E-state index contributed by atoms with van der Waals surface area (Å²) in [6.45, 7) is 2.15. The van der Waals surface area contributed by atoms with Crippen molar-refractivity contribution < 1.29 is 38.5 Å². The maximum atomic E-state index is 13.6. The molecule has 2 amide bonds. The van der Waals surface area contributed by atoms with Crippen LogP contribution in [0.15, 0.2) is 71.7 Å². The minimum absolute atomic E-state index is 0.0940. The molecule has 11 nitrogen and oxygen atoms in total. The molecule has 0 spiro atoms. The van der Waals surface area contributed by atoms with Gasteiger partial charge in [0.25, 0.3) is 0 Å². The molecule has 12 heteroatoms. The van der Waals surface area contributed by atoms with Crippen LogP contribution in [-0.2, 0) is 20.9 Å². The molecule has 3 aromatic rings. The highest BCUT2D eigenvalue weighted by atomic mass is 32.2. The first kappa shape index (κ1) is 30.1. The second kappa shape index (κ2) is 13.7. The summed E-state index contributed by atoms with van der Waals surface area (Å²) in [7, 11) is 3.06. The van der Waals surface area contributed by atoms with Gasteiger partial charge in [0.2, 0.25) is 11.8 Å². The summed E-state index contributed by atoms with van der Waals surface area (Å²) in [6.07, 6.45) is -0.132. The number of aliphatic imine (C=N–C) groups is 1. The molecule has 1 fully saturated rings. The molecule has 3 aromatic carbocycles. The Labute approximate surface area is 246 Å². The SMILES string of the molecule is CCOC(=O)c1ccc(N=C2S[C@H](CC(=O)Nc3ccc(C(=O)O)cc3)C(=O)N2Cc2ccc(OC)c(OC)c2)cc1. The van der Waals surface area contributed by atoms with E-state index >= 15 is 0 Å². The van der Waals surface area contributed by atoms with Crippen molar-refractivity contribution in [3.8, 4) is 11.5 Å². The van der Waals surface area contributed by atoms with Crippen LogP contribution in [0.1, 0.15) is 39.6 Å². The largest absolute Gasteiger partial charge is 0.493 e. The molecule has 0 aromatic heterocycles. The van der Waals surface area contributed by atoms with Crippen molar-refractivity contribution in [2.24, 2.45) is 4.99 Å². The Bertz CT molecular complexity index is 1510. The van der Waals surface area contributed by atoms with Crippen LogP contribution < -0.4 is 14.8 Å². The summed E-state index contributed by atoms with van der Waals surface area (Å²) < 4.78 is 15.7. The number of carboxylic acids is 1. The molecule has 0 unspecified atom stereocenters. The van der Waals surface area contributed by atoms with Gasteiger partial charge in [-0.05, 0) is 73.2 Å². The number of hydrogen-bond acceptors (Lipinski definition) is 9. The highest BCUT2D eigenvalue weighted by Crippen LogP contribution is 2.35. The summed E-state index contributed by atoms with van der Waals surface area (Å²) in [4.78, 5) is 55.7. The van der Waals surface area contributed by atoms with Crippen molar-refractivity contribution in [2.45, 2.75) is 25.1 Å². The Morgan fingerprint density at radius 3 is 2.24 bits per heavy atom. The highest BCUT2D eigenvalue weighted by Gasteiger charge is 2.39. The third-order valence-electron chi connectivity index (χ3n) is 6.20. The molecule has 218 valence electrons. The number of esters is 1. The topological polar surface area (TPSA) is 144 Å². The fraction of sp³-hybridized carbons (Fsp3) is 0.233. The highest BCUT2D eigenvalue weighted by molar-refractivity contribution is 8.15. The number of amidine groups is 1. The fourth-order valence-corrected chi connectivity index (χ4v) is 5.26. The maximum Gasteiger partial charge on any atom is 0.338 e. The lowest BCUT2D eigenvalue weighted by atomic mass is 10.1. The molecule has 0 bridgehead atoms. The van der Waals surface area contributed by atoms with Gasteiger partial charge in [0.15, 0.2) is 16.7 Å². The third kappa shape index (κ3) is 7.26. The standard InChI is InChI=1S/C30H29N3O8S/c1-4-41-29(38)20-8-12-22(13-9-20)32-30-33(17-18-5-14-23(39-2)24(15-18)40-3)27(35)25(42-30)16-26(34)31-21-10-6-19(7-11-21)28(36)37/h5-15,25H,4,16-17H2,1-3H3,(H,31,34)(H,36,37)/t25-/m1/s1. The fourth-order valence-electron chi connectivity index (χ4n) is 4.11. The van der Waals surface area contributed by atoms with Crippen molar-refractivity contribution in [1.29, 1.82) is 0 Å². The molecule has 4 rings (SSSR count). The maximum absolute atomic E-state index is 13.6. The lowest BCUT2D eigenvalue weighted by molar-refractivity contribution is -0.128. The van der Waals surface area contributed by atoms with Crippen molar-refractivity contribution in [3.63, 3.8) is 0 Å². The number of rotatable bonds is 11. The van der Waals surface area contributed by atoms with Gasteiger partial charge in [0, 0.05) is 12.1 Å². The number of anilines is 1. The van der Waals surface area contributed by atoms with Crippen LogP contribution in [-0.4, -0.2) is 65.0 Å². The number of amides is 2. The van der Waals surface area contributed by atoms with Gasteiger partial charge in [0.05, 0.1) is 44.2 Å². The lowest BCUT2D eigenvalue weighted by Crippen LogP contribution is -2.33. The number of ether oxygens (including phenoxy) is 3. The zero-order valence-electron chi connectivity index (χ0n) is 23.2. The number of carbonyl (C=O) groups excluding carboxylic acids is 3. The number of carboxylic acid groups (broad SMARTS) is 1. The van der Waals surface area contributed by atoms with Crippen LogP contribution in [0.2, 0.25) is 0 Å². The molecular weight excluding hydrogens is 562 g/mol. The zero-order valence-corrected chi connectivity index (χ0v) is 24.0. The molecule has 42 heavy (non-hydrogen) atoms. The van der Waals surface area contributed by atoms with Crippen LogP contribution >= 0.6 is 11.8 Å². The number of thioether (sulfide) groups is 1. The van der Waals surface area contributed by atoms with Gasteiger partial charge in [-0.25, -0.2) is 14.6 Å². The summed E-state index contributed by atoms with van der Waals surface area (Å²) in [5, 5.41) is 11.4. The van der Waals surface area contributed by atoms with E-state index in [0.717, 1.165) is 17.3 Å². The predicted molar refractivity (Wildman–Crippen MR) is 158 cm³/mol. The van der Waals surface area contributed by atoms with E-state index < -0.39 is 23.1 Å². The van der Waals surface area contributed by atoms with E-state index in [1.807, 2.05) is 6.07 Å².